The van der Waals surface area contributed by atoms with Crippen LogP contribution in [0.2, 0.25) is 0 Å². The van der Waals surface area contributed by atoms with Crippen molar-refractivity contribution in [2.24, 2.45) is 7.05 Å². The van der Waals surface area contributed by atoms with Crippen LogP contribution < -0.4 is 0 Å². The van der Waals surface area contributed by atoms with E-state index in [1.54, 1.807) is 0 Å². The van der Waals surface area contributed by atoms with E-state index in [2.05, 4.69) is 87.4 Å². The number of imidazole rings is 4. The predicted octanol–water partition coefficient (Wildman–Crippen LogP) is 5.06. The van der Waals surface area contributed by atoms with E-state index in [1.165, 1.54) is 27.6 Å². The van der Waals surface area contributed by atoms with Gasteiger partial charge in [0.25, 0.3) is 0 Å². The molecule has 6 heteroatoms. The Balaban J connectivity index is 1.81. The van der Waals surface area contributed by atoms with Gasteiger partial charge < -0.3 is 9.13 Å². The molecule has 0 amide bonds. The fourth-order valence-corrected chi connectivity index (χ4v) is 5.27. The van der Waals surface area contributed by atoms with Gasteiger partial charge >= 0.3 is 0 Å². The van der Waals surface area contributed by atoms with E-state index in [-0.39, 0.29) is 0 Å². The van der Waals surface area contributed by atoms with E-state index in [1.807, 2.05) is 6.07 Å². The molecule has 6 nitrogen and oxygen atoms in total. The topological polar surface area (TPSA) is 44.5 Å². The molecule has 4 heterocycles. The van der Waals surface area contributed by atoms with Crippen LogP contribution in [0.25, 0.3) is 55.7 Å². The van der Waals surface area contributed by atoms with Gasteiger partial charge in [0.2, 0.25) is 11.6 Å². The summed E-state index contributed by atoms with van der Waals surface area (Å²) in [4.78, 5) is 9.88. The third-order valence-corrected chi connectivity index (χ3v) is 6.50. The van der Waals surface area contributed by atoms with Crippen molar-refractivity contribution in [2.75, 3.05) is 0 Å². The number of para-hydroxylation sites is 4. The van der Waals surface area contributed by atoms with Gasteiger partial charge in [-0.15, -0.1) is 0 Å². The maximum absolute atomic E-state index is 4.96. The highest BCUT2D eigenvalue weighted by Gasteiger charge is 2.22. The van der Waals surface area contributed by atoms with E-state index < -0.39 is 0 Å². The van der Waals surface area contributed by atoms with Crippen molar-refractivity contribution in [3.05, 3.63) is 60.2 Å². The summed E-state index contributed by atoms with van der Waals surface area (Å²) in [6, 6.07) is 19.0. The summed E-state index contributed by atoms with van der Waals surface area (Å²) in [5, 5.41) is 0. The summed E-state index contributed by atoms with van der Waals surface area (Å²) in [5.41, 5.74) is 10.4. The lowest BCUT2D eigenvalue weighted by molar-refractivity contribution is 0.806. The molecule has 30 heavy (non-hydrogen) atoms. The number of rotatable bonds is 1. The first-order chi connectivity index (χ1) is 14.7. The molecule has 0 aliphatic heterocycles. The first-order valence-electron chi connectivity index (χ1n) is 10.3. The largest absolute Gasteiger partial charge is 0.312 e. The lowest BCUT2D eigenvalue weighted by atomic mass is 10.1. The average Bonchev–Trinajstić information content (AvgIpc) is 3.46. The van der Waals surface area contributed by atoms with Crippen molar-refractivity contribution in [3.63, 3.8) is 0 Å². The quantitative estimate of drug-likeness (QED) is 0.392. The molecule has 7 rings (SSSR count). The number of benzene rings is 3. The monoisotopic (exact) mass is 392 g/mol. The summed E-state index contributed by atoms with van der Waals surface area (Å²) in [6.07, 6.45) is 0. The highest BCUT2D eigenvalue weighted by atomic mass is 15.2. The molecule has 0 bridgehead atoms. The van der Waals surface area contributed by atoms with Crippen LogP contribution >= 0.6 is 0 Å². The maximum Gasteiger partial charge on any atom is 0.215 e. The summed E-state index contributed by atoms with van der Waals surface area (Å²) in [6.45, 7) is 5.28. The maximum atomic E-state index is 4.96. The molecule has 0 atom stereocenters. The number of aryl methyl sites for hydroxylation is 3. The highest BCUT2D eigenvalue weighted by molar-refractivity contribution is 6.03. The second-order valence-corrected chi connectivity index (χ2v) is 8.01. The van der Waals surface area contributed by atoms with Gasteiger partial charge in [-0.2, -0.15) is 0 Å². The minimum atomic E-state index is 0.868. The summed E-state index contributed by atoms with van der Waals surface area (Å²) >= 11 is 0. The van der Waals surface area contributed by atoms with Crippen molar-refractivity contribution >= 4 is 55.7 Å². The Labute approximate surface area is 171 Å². The van der Waals surface area contributed by atoms with Crippen LogP contribution in [0, 0.1) is 6.92 Å². The lowest BCUT2D eigenvalue weighted by Crippen LogP contribution is -1.98. The van der Waals surface area contributed by atoms with Crippen LogP contribution in [0.3, 0.4) is 0 Å². The molecular weight excluding hydrogens is 372 g/mol. The molecular formula is C24H20N6. The Morgan fingerprint density at radius 3 is 1.97 bits per heavy atom. The molecule has 4 aromatic heterocycles. The second-order valence-electron chi connectivity index (χ2n) is 8.01. The van der Waals surface area contributed by atoms with Crippen LogP contribution in [-0.2, 0) is 13.6 Å². The van der Waals surface area contributed by atoms with Crippen LogP contribution in [0.4, 0.5) is 0 Å². The number of hydrogen-bond acceptors (Lipinski definition) is 2. The van der Waals surface area contributed by atoms with Crippen molar-refractivity contribution in [3.8, 4) is 0 Å². The van der Waals surface area contributed by atoms with Gasteiger partial charge in [-0.1, -0.05) is 24.3 Å². The van der Waals surface area contributed by atoms with Crippen LogP contribution in [-0.4, -0.2) is 27.9 Å². The summed E-state index contributed by atoms with van der Waals surface area (Å²) in [7, 11) is 2.11. The van der Waals surface area contributed by atoms with Gasteiger partial charge in [0.05, 0.1) is 44.1 Å². The Bertz CT molecular complexity index is 1800. The number of hydrogen-bond donors (Lipinski definition) is 0. The zero-order valence-electron chi connectivity index (χ0n) is 17.1. The van der Waals surface area contributed by atoms with Gasteiger partial charge in [0.15, 0.2) is 0 Å². The van der Waals surface area contributed by atoms with E-state index in [9.17, 15) is 0 Å². The smallest absolute Gasteiger partial charge is 0.215 e. The van der Waals surface area contributed by atoms with Crippen molar-refractivity contribution in [1.82, 2.24) is 27.9 Å². The van der Waals surface area contributed by atoms with Crippen LogP contribution in [0.1, 0.15) is 12.5 Å². The lowest BCUT2D eigenvalue weighted by Gasteiger charge is -2.07. The zero-order chi connectivity index (χ0) is 20.1. The van der Waals surface area contributed by atoms with E-state index >= 15 is 0 Å². The Kier molecular flexibility index (Phi) is 2.79. The molecule has 0 spiro atoms. The second kappa shape index (κ2) is 5.21. The average molecular weight is 392 g/mol. The molecule has 0 N–H and O–H groups in total. The molecule has 0 radical (unpaired) electrons. The molecule has 0 aliphatic carbocycles. The zero-order valence-corrected chi connectivity index (χ0v) is 17.1. The SMILES string of the molecule is CCn1c2c(C)c3c(cc2n2c4ccccc4nc12)n1c2ccccc2nc1n3C. The van der Waals surface area contributed by atoms with E-state index in [4.69, 9.17) is 9.97 Å². The van der Waals surface area contributed by atoms with Crippen molar-refractivity contribution in [1.29, 1.82) is 0 Å². The number of fused-ring (bicyclic) bond motifs is 10. The highest BCUT2D eigenvalue weighted by Crippen LogP contribution is 2.35. The Morgan fingerprint density at radius 2 is 1.30 bits per heavy atom. The van der Waals surface area contributed by atoms with Gasteiger partial charge in [-0.05, 0) is 44.2 Å². The summed E-state index contributed by atoms with van der Waals surface area (Å²) in [5.74, 6) is 1.97. The molecule has 0 unspecified atom stereocenters. The molecule has 0 saturated carbocycles. The van der Waals surface area contributed by atoms with Crippen molar-refractivity contribution < 1.29 is 0 Å². The molecule has 7 aromatic rings. The number of aromatic nitrogens is 6. The normalized spacial score (nSPS) is 12.6. The van der Waals surface area contributed by atoms with Gasteiger partial charge in [0.1, 0.15) is 0 Å². The van der Waals surface area contributed by atoms with E-state index in [0.717, 1.165) is 40.2 Å². The summed E-state index contributed by atoms with van der Waals surface area (Å²) < 4.78 is 9.14. The third kappa shape index (κ3) is 1.67. The van der Waals surface area contributed by atoms with Gasteiger partial charge in [-0.3, -0.25) is 8.80 Å². The molecule has 3 aromatic carbocycles. The number of nitrogens with zero attached hydrogens (tertiary/aromatic N) is 6. The minimum absolute atomic E-state index is 0.868. The van der Waals surface area contributed by atoms with Gasteiger partial charge in [-0.25, -0.2) is 9.97 Å². The van der Waals surface area contributed by atoms with Gasteiger partial charge in [0, 0.05) is 19.2 Å². The Morgan fingerprint density at radius 1 is 0.733 bits per heavy atom. The van der Waals surface area contributed by atoms with E-state index in [0.29, 0.717) is 0 Å². The Hall–Kier alpha value is -3.80. The molecule has 0 fully saturated rings. The molecule has 0 aliphatic rings. The fraction of sp³-hybridized carbons (Fsp3) is 0.167. The predicted molar refractivity (Wildman–Crippen MR) is 121 cm³/mol. The standard InChI is InChI=1S/C24H20N6/c1-4-28-22-14(2)21-19(29-17-11-7-5-9-15(17)25-23(29)27(21)3)13-20(22)30-18-12-8-6-10-16(18)26-24(28)30/h5-13H,4H2,1-3H3. The fourth-order valence-electron chi connectivity index (χ4n) is 5.27. The third-order valence-electron chi connectivity index (χ3n) is 6.50. The van der Waals surface area contributed by atoms with Crippen LogP contribution in [0.5, 0.6) is 0 Å². The first-order valence-corrected chi connectivity index (χ1v) is 10.3. The first kappa shape index (κ1) is 16.0. The minimum Gasteiger partial charge on any atom is -0.312 e. The van der Waals surface area contributed by atoms with Crippen LogP contribution in [0.15, 0.2) is 54.6 Å². The van der Waals surface area contributed by atoms with Crippen molar-refractivity contribution in [2.45, 2.75) is 20.4 Å². The molecule has 0 saturated heterocycles. The molecule has 146 valence electrons.